The summed E-state index contributed by atoms with van der Waals surface area (Å²) >= 11 is 0. The Morgan fingerprint density at radius 3 is 2.61 bits per heavy atom. The number of hydrogen-bond acceptors (Lipinski definition) is 6. The Bertz CT molecular complexity index is 1170. The summed E-state index contributed by atoms with van der Waals surface area (Å²) in [4.78, 5) is 24.9. The Balaban J connectivity index is 1.73. The lowest BCUT2D eigenvalue weighted by Gasteiger charge is -2.27. The van der Waals surface area contributed by atoms with Crippen molar-refractivity contribution in [2.24, 2.45) is 11.7 Å². The zero-order valence-electron chi connectivity index (χ0n) is 16.4. The highest BCUT2D eigenvalue weighted by Crippen LogP contribution is 2.45. The Morgan fingerprint density at radius 1 is 1.26 bits per heavy atom. The number of aromatic nitrogens is 1. The minimum Gasteiger partial charge on any atom is -0.449 e. The van der Waals surface area contributed by atoms with Crippen LogP contribution in [0.25, 0.3) is 10.9 Å². The molecule has 0 radical (unpaired) electrons. The quantitative estimate of drug-likeness (QED) is 0.556. The highest BCUT2D eigenvalue weighted by molar-refractivity contribution is 5.86. The molecule has 3 aliphatic rings. The smallest absolute Gasteiger partial charge is 0.449 e. The number of fused-ring (bicyclic) bond motifs is 2. The molecule has 2 saturated heterocycles. The number of nitrogens with zero attached hydrogens (tertiary/aromatic N) is 2. The molecule has 1 saturated carbocycles. The van der Waals surface area contributed by atoms with Gasteiger partial charge in [-0.3, -0.25) is 4.79 Å². The second-order valence-corrected chi connectivity index (χ2v) is 8.33. The number of anilines is 1. The average molecular weight is 439 g/mol. The van der Waals surface area contributed by atoms with Gasteiger partial charge in [0, 0.05) is 38.2 Å². The van der Waals surface area contributed by atoms with E-state index in [2.05, 4.69) is 4.74 Å². The van der Waals surface area contributed by atoms with E-state index in [4.69, 9.17) is 15.6 Å². The second-order valence-electron chi connectivity index (χ2n) is 8.33. The van der Waals surface area contributed by atoms with Gasteiger partial charge in [0.15, 0.2) is 23.2 Å². The van der Waals surface area contributed by atoms with E-state index in [-0.39, 0.29) is 31.6 Å². The number of rotatable bonds is 4. The number of benzene rings is 1. The first-order chi connectivity index (χ1) is 14.8. The number of nitrogens with two attached hydrogens (primary N) is 1. The van der Waals surface area contributed by atoms with Gasteiger partial charge < -0.3 is 29.8 Å². The van der Waals surface area contributed by atoms with Gasteiger partial charge in [-0.25, -0.2) is 18.0 Å². The zero-order valence-corrected chi connectivity index (χ0v) is 16.4. The Kier molecular flexibility index (Phi) is 4.45. The highest BCUT2D eigenvalue weighted by atomic mass is 19.2. The first-order valence-electron chi connectivity index (χ1n) is 10.0. The molecule has 2 aromatic rings. The summed E-state index contributed by atoms with van der Waals surface area (Å²) in [5.41, 5.74) is 2.92. The van der Waals surface area contributed by atoms with Crippen LogP contribution in [0.3, 0.4) is 0 Å². The van der Waals surface area contributed by atoms with Gasteiger partial charge in [0.1, 0.15) is 11.3 Å². The fourth-order valence-electron chi connectivity index (χ4n) is 4.88. The van der Waals surface area contributed by atoms with Crippen molar-refractivity contribution in [3.8, 4) is 5.75 Å². The molecule has 166 valence electrons. The minimum absolute atomic E-state index is 0.0491. The molecule has 2 unspecified atom stereocenters. The molecule has 11 heteroatoms. The predicted molar refractivity (Wildman–Crippen MR) is 103 cm³/mol. The third kappa shape index (κ3) is 2.90. The summed E-state index contributed by atoms with van der Waals surface area (Å²) in [6.45, 7) is 1.00. The van der Waals surface area contributed by atoms with Gasteiger partial charge in [-0.1, -0.05) is 0 Å². The van der Waals surface area contributed by atoms with Gasteiger partial charge in [-0.2, -0.15) is 0 Å². The first-order valence-corrected chi connectivity index (χ1v) is 10.0. The molecule has 2 aliphatic heterocycles. The molecule has 1 aliphatic carbocycles. The normalized spacial score (nSPS) is 25.3. The van der Waals surface area contributed by atoms with Crippen molar-refractivity contribution in [2.75, 3.05) is 31.1 Å². The minimum atomic E-state index is -1.78. The van der Waals surface area contributed by atoms with E-state index >= 15 is 13.2 Å². The first kappa shape index (κ1) is 20.1. The second kappa shape index (κ2) is 6.86. The third-order valence-corrected chi connectivity index (χ3v) is 6.54. The molecule has 1 aromatic carbocycles. The summed E-state index contributed by atoms with van der Waals surface area (Å²) < 4.78 is 57.5. The van der Waals surface area contributed by atoms with Crippen LogP contribution in [-0.4, -0.2) is 47.7 Å². The average Bonchev–Trinajstić information content (AvgIpc) is 3.39. The lowest BCUT2D eigenvalue weighted by molar-refractivity contribution is 0.0126. The maximum atomic E-state index is 15.8. The number of carboxylic acid groups (broad SMARTS) is 1. The van der Waals surface area contributed by atoms with E-state index in [1.54, 1.807) is 0 Å². The fraction of sp³-hybridized carbons (Fsp3) is 0.500. The van der Waals surface area contributed by atoms with Crippen LogP contribution < -0.4 is 20.8 Å². The molecular formula is C20H20F3N3O5. The molecule has 5 rings (SSSR count). The molecule has 3 heterocycles. The number of ether oxygens (including phenoxy) is 2. The van der Waals surface area contributed by atoms with Gasteiger partial charge in [-0.15, -0.1) is 0 Å². The Labute approximate surface area is 173 Å². The summed E-state index contributed by atoms with van der Waals surface area (Å²) in [5.74, 6) is -4.88. The van der Waals surface area contributed by atoms with Gasteiger partial charge >= 0.3 is 6.16 Å². The van der Waals surface area contributed by atoms with Crippen LogP contribution in [-0.2, 0) is 4.74 Å². The SMILES string of the molecule is NCC12CN(c3c(F)c(F)c4c(=O)c(OC(=O)O)cn(C5CC5)c4c3F)CC1CCO2. The van der Waals surface area contributed by atoms with Gasteiger partial charge in [0.2, 0.25) is 5.43 Å². The molecule has 1 aromatic heterocycles. The Hall–Kier alpha value is -2.79. The molecular weight excluding hydrogens is 419 g/mol. The maximum Gasteiger partial charge on any atom is 0.511 e. The molecule has 2 atom stereocenters. The van der Waals surface area contributed by atoms with Crippen LogP contribution in [0.5, 0.6) is 5.75 Å². The summed E-state index contributed by atoms with van der Waals surface area (Å²) in [5, 5.41) is 7.99. The van der Waals surface area contributed by atoms with Crippen molar-refractivity contribution in [2.45, 2.75) is 30.9 Å². The van der Waals surface area contributed by atoms with Crippen LogP contribution >= 0.6 is 0 Å². The van der Waals surface area contributed by atoms with Gasteiger partial charge in [-0.05, 0) is 19.3 Å². The van der Waals surface area contributed by atoms with E-state index in [9.17, 15) is 9.59 Å². The van der Waals surface area contributed by atoms with Crippen molar-refractivity contribution < 1.29 is 32.5 Å². The third-order valence-electron chi connectivity index (χ3n) is 6.54. The Morgan fingerprint density at radius 2 is 2.00 bits per heavy atom. The maximum absolute atomic E-state index is 15.8. The zero-order chi connectivity index (χ0) is 22.1. The monoisotopic (exact) mass is 439 g/mol. The molecule has 8 nitrogen and oxygen atoms in total. The molecule has 0 amide bonds. The number of hydrogen-bond donors (Lipinski definition) is 2. The van der Waals surface area contributed by atoms with Crippen molar-refractivity contribution in [1.82, 2.24) is 4.57 Å². The fourth-order valence-corrected chi connectivity index (χ4v) is 4.88. The van der Waals surface area contributed by atoms with Crippen LogP contribution in [0.15, 0.2) is 11.0 Å². The predicted octanol–water partition coefficient (Wildman–Crippen LogP) is 2.36. The lowest BCUT2D eigenvalue weighted by Crippen LogP contribution is -2.44. The molecule has 31 heavy (non-hydrogen) atoms. The summed E-state index contributed by atoms with van der Waals surface area (Å²) in [7, 11) is 0. The van der Waals surface area contributed by atoms with E-state index in [1.165, 1.54) is 9.47 Å². The number of halogens is 3. The van der Waals surface area contributed by atoms with E-state index in [0.717, 1.165) is 6.20 Å². The summed E-state index contributed by atoms with van der Waals surface area (Å²) in [6, 6.07) is -0.275. The molecule has 0 spiro atoms. The van der Waals surface area contributed by atoms with Crippen molar-refractivity contribution >= 4 is 22.7 Å². The van der Waals surface area contributed by atoms with Crippen LogP contribution in [0.2, 0.25) is 0 Å². The lowest BCUT2D eigenvalue weighted by atomic mass is 9.91. The van der Waals surface area contributed by atoms with E-state index < -0.39 is 57.0 Å². The largest absolute Gasteiger partial charge is 0.511 e. The topological polar surface area (TPSA) is 107 Å². The number of carbonyl (C=O) groups is 1. The van der Waals surface area contributed by atoms with Crippen molar-refractivity contribution in [3.63, 3.8) is 0 Å². The summed E-state index contributed by atoms with van der Waals surface area (Å²) in [6.07, 6.45) is 1.18. The standard InChI is InChI=1S/C20H20F3N3O5/c21-13-12-16(26(10-1-2-10)6-11(18(12)27)31-19(28)29)15(23)17(14(13)22)25-5-9-3-4-30-20(9,7-24)8-25/h6,9-10H,1-5,7-8,24H2,(H,28,29). The van der Waals surface area contributed by atoms with Crippen molar-refractivity contribution in [3.05, 3.63) is 33.9 Å². The van der Waals surface area contributed by atoms with E-state index in [0.29, 0.717) is 25.9 Å². The van der Waals surface area contributed by atoms with Crippen LogP contribution in [0.4, 0.5) is 23.7 Å². The molecule has 3 N–H and O–H groups in total. The van der Waals surface area contributed by atoms with Gasteiger partial charge in [0.05, 0.1) is 17.1 Å². The molecule has 0 bridgehead atoms. The number of pyridine rings is 1. The van der Waals surface area contributed by atoms with Gasteiger partial charge in [0.25, 0.3) is 0 Å². The van der Waals surface area contributed by atoms with Crippen LogP contribution in [0.1, 0.15) is 25.3 Å². The van der Waals surface area contributed by atoms with E-state index in [1.807, 2.05) is 0 Å². The molecule has 3 fully saturated rings. The highest BCUT2D eigenvalue weighted by Gasteiger charge is 2.51. The van der Waals surface area contributed by atoms with Crippen molar-refractivity contribution in [1.29, 1.82) is 0 Å². The van der Waals surface area contributed by atoms with Crippen LogP contribution in [0, 0.1) is 23.4 Å².